The Balaban J connectivity index is 1.66. The molecular formula is C19H25N3O3. The fourth-order valence-electron chi connectivity index (χ4n) is 3.10. The topological polar surface area (TPSA) is 63.7 Å². The molecule has 1 aromatic carbocycles. The first-order chi connectivity index (χ1) is 12.1. The minimum atomic E-state index is -0.0800. The molecule has 1 N–H and O–H groups in total. The van der Waals surface area contributed by atoms with E-state index in [1.165, 1.54) is 0 Å². The van der Waals surface area contributed by atoms with Gasteiger partial charge < -0.3 is 14.8 Å². The highest BCUT2D eigenvalue weighted by atomic mass is 16.5. The molecule has 25 heavy (non-hydrogen) atoms. The van der Waals surface area contributed by atoms with E-state index in [0.717, 1.165) is 48.6 Å². The number of fused-ring (bicyclic) bond motifs is 1. The van der Waals surface area contributed by atoms with Crippen LogP contribution in [0.1, 0.15) is 23.0 Å². The number of carbonyl (C=O) groups excluding carboxylic acids is 1. The molecule has 3 rings (SSSR count). The van der Waals surface area contributed by atoms with E-state index in [2.05, 4.69) is 22.1 Å². The van der Waals surface area contributed by atoms with Crippen molar-refractivity contribution in [3.8, 4) is 5.75 Å². The van der Waals surface area contributed by atoms with Gasteiger partial charge in [-0.2, -0.15) is 0 Å². The highest BCUT2D eigenvalue weighted by Gasteiger charge is 2.18. The van der Waals surface area contributed by atoms with Gasteiger partial charge in [-0.1, -0.05) is 0 Å². The summed E-state index contributed by atoms with van der Waals surface area (Å²) in [5, 5.41) is 3.94. The van der Waals surface area contributed by atoms with E-state index in [1.54, 1.807) is 7.11 Å². The number of amides is 1. The molecule has 0 aliphatic carbocycles. The van der Waals surface area contributed by atoms with Gasteiger partial charge in [-0.15, -0.1) is 0 Å². The molecule has 0 spiro atoms. The van der Waals surface area contributed by atoms with Gasteiger partial charge in [0.15, 0.2) is 0 Å². The Hall–Kier alpha value is -2.18. The lowest BCUT2D eigenvalue weighted by Crippen LogP contribution is -2.46. The number of ether oxygens (including phenoxy) is 2. The zero-order valence-electron chi connectivity index (χ0n) is 15.0. The van der Waals surface area contributed by atoms with Crippen molar-refractivity contribution in [1.29, 1.82) is 0 Å². The van der Waals surface area contributed by atoms with Crippen molar-refractivity contribution in [1.82, 2.24) is 15.2 Å². The number of aryl methyl sites for hydroxylation is 1. The number of methoxy groups -OCH3 is 1. The first-order valence-corrected chi connectivity index (χ1v) is 8.64. The molecule has 0 saturated carbocycles. The number of hydrogen-bond acceptors (Lipinski definition) is 5. The van der Waals surface area contributed by atoms with Crippen LogP contribution in [0.2, 0.25) is 0 Å². The van der Waals surface area contributed by atoms with E-state index in [4.69, 9.17) is 9.47 Å². The molecule has 6 nitrogen and oxygen atoms in total. The third-order valence-electron chi connectivity index (χ3n) is 4.65. The van der Waals surface area contributed by atoms with Crippen LogP contribution in [0.4, 0.5) is 0 Å². The summed E-state index contributed by atoms with van der Waals surface area (Å²) in [6.07, 6.45) is 0. The summed E-state index contributed by atoms with van der Waals surface area (Å²) in [6, 6.07) is 7.96. The molecule has 1 aliphatic rings. The largest absolute Gasteiger partial charge is 0.497 e. The van der Waals surface area contributed by atoms with Crippen molar-refractivity contribution in [2.24, 2.45) is 0 Å². The van der Waals surface area contributed by atoms with Gasteiger partial charge in [-0.3, -0.25) is 14.7 Å². The van der Waals surface area contributed by atoms with Crippen molar-refractivity contribution < 1.29 is 14.3 Å². The SMILES string of the molecule is COc1ccc2cc(C(=O)NCCN3CCOC[C@H]3C)c(C)nc2c1. The second kappa shape index (κ2) is 7.80. The van der Waals surface area contributed by atoms with Crippen LogP contribution in [0.15, 0.2) is 24.3 Å². The Bertz CT molecular complexity index is 763. The molecule has 0 bridgehead atoms. The minimum Gasteiger partial charge on any atom is -0.497 e. The summed E-state index contributed by atoms with van der Waals surface area (Å²) in [4.78, 5) is 19.4. The standard InChI is InChI=1S/C19H25N3O3/c1-13-12-25-9-8-22(13)7-6-20-19(23)17-10-15-4-5-16(24-3)11-18(15)21-14(17)2/h4-5,10-11,13H,6-9,12H2,1-3H3,(H,20,23)/t13-/m1/s1. The van der Waals surface area contributed by atoms with Crippen LogP contribution >= 0.6 is 0 Å². The molecule has 0 unspecified atom stereocenters. The van der Waals surface area contributed by atoms with Crippen molar-refractivity contribution in [2.45, 2.75) is 19.9 Å². The minimum absolute atomic E-state index is 0.0800. The molecule has 134 valence electrons. The smallest absolute Gasteiger partial charge is 0.253 e. The lowest BCUT2D eigenvalue weighted by atomic mass is 10.1. The van der Waals surface area contributed by atoms with Crippen LogP contribution in [0.3, 0.4) is 0 Å². The number of rotatable bonds is 5. The van der Waals surface area contributed by atoms with Gasteiger partial charge in [-0.05, 0) is 32.0 Å². The van der Waals surface area contributed by atoms with E-state index in [0.29, 0.717) is 18.2 Å². The van der Waals surface area contributed by atoms with Crippen LogP contribution in [0.5, 0.6) is 5.75 Å². The Morgan fingerprint density at radius 1 is 1.44 bits per heavy atom. The van der Waals surface area contributed by atoms with Crippen LogP contribution in [-0.4, -0.2) is 61.8 Å². The number of nitrogens with one attached hydrogen (secondary N) is 1. The zero-order valence-corrected chi connectivity index (χ0v) is 15.0. The average molecular weight is 343 g/mol. The van der Waals surface area contributed by atoms with Gasteiger partial charge in [0.25, 0.3) is 5.91 Å². The average Bonchev–Trinajstić information content (AvgIpc) is 2.62. The molecule has 1 saturated heterocycles. The molecule has 0 radical (unpaired) electrons. The van der Waals surface area contributed by atoms with Gasteiger partial charge in [0, 0.05) is 37.1 Å². The highest BCUT2D eigenvalue weighted by Crippen LogP contribution is 2.21. The first-order valence-electron chi connectivity index (χ1n) is 8.64. The van der Waals surface area contributed by atoms with E-state index in [9.17, 15) is 4.79 Å². The normalized spacial score (nSPS) is 18.3. The Labute approximate surface area is 148 Å². The third-order valence-corrected chi connectivity index (χ3v) is 4.65. The molecule has 1 atom stereocenters. The van der Waals surface area contributed by atoms with E-state index in [1.807, 2.05) is 31.2 Å². The summed E-state index contributed by atoms with van der Waals surface area (Å²) < 4.78 is 10.7. The lowest BCUT2D eigenvalue weighted by molar-refractivity contribution is 0.000539. The second-order valence-corrected chi connectivity index (χ2v) is 6.40. The van der Waals surface area contributed by atoms with Crippen molar-refractivity contribution in [2.75, 3.05) is 40.0 Å². The Kier molecular flexibility index (Phi) is 5.50. The summed E-state index contributed by atoms with van der Waals surface area (Å²) >= 11 is 0. The molecule has 1 aliphatic heterocycles. The maximum Gasteiger partial charge on any atom is 0.253 e. The van der Waals surface area contributed by atoms with Gasteiger partial charge in [0.2, 0.25) is 0 Å². The number of pyridine rings is 1. The first kappa shape index (κ1) is 17.6. The monoisotopic (exact) mass is 343 g/mol. The van der Waals surface area contributed by atoms with Crippen LogP contribution in [0.25, 0.3) is 10.9 Å². The Morgan fingerprint density at radius 3 is 3.04 bits per heavy atom. The molecule has 6 heteroatoms. The lowest BCUT2D eigenvalue weighted by Gasteiger charge is -2.33. The van der Waals surface area contributed by atoms with Gasteiger partial charge in [0.1, 0.15) is 5.75 Å². The summed E-state index contributed by atoms with van der Waals surface area (Å²) in [7, 11) is 1.63. The zero-order chi connectivity index (χ0) is 17.8. The van der Waals surface area contributed by atoms with Crippen molar-refractivity contribution in [3.63, 3.8) is 0 Å². The van der Waals surface area contributed by atoms with E-state index < -0.39 is 0 Å². The number of hydrogen-bond donors (Lipinski definition) is 1. The predicted molar refractivity (Wildman–Crippen MR) is 97.2 cm³/mol. The number of carbonyl (C=O) groups is 1. The fourth-order valence-corrected chi connectivity index (χ4v) is 3.10. The maximum atomic E-state index is 12.5. The van der Waals surface area contributed by atoms with E-state index in [-0.39, 0.29) is 5.91 Å². The molecule has 1 fully saturated rings. The van der Waals surface area contributed by atoms with Gasteiger partial charge in [-0.25, -0.2) is 0 Å². The van der Waals surface area contributed by atoms with Crippen molar-refractivity contribution >= 4 is 16.8 Å². The molecule has 2 heterocycles. The number of aromatic nitrogens is 1. The van der Waals surface area contributed by atoms with Crippen molar-refractivity contribution in [3.05, 3.63) is 35.5 Å². The third kappa shape index (κ3) is 4.08. The quantitative estimate of drug-likeness (QED) is 0.900. The second-order valence-electron chi connectivity index (χ2n) is 6.40. The molecule has 1 aromatic heterocycles. The number of morpholine rings is 1. The predicted octanol–water partition coefficient (Wildman–Crippen LogP) is 2.00. The number of benzene rings is 1. The van der Waals surface area contributed by atoms with Gasteiger partial charge in [0.05, 0.1) is 37.1 Å². The van der Waals surface area contributed by atoms with Crippen LogP contribution < -0.4 is 10.1 Å². The molecule has 1 amide bonds. The summed E-state index contributed by atoms with van der Waals surface area (Å²) in [5.74, 6) is 0.680. The summed E-state index contributed by atoms with van der Waals surface area (Å²) in [6.45, 7) is 7.87. The van der Waals surface area contributed by atoms with Crippen LogP contribution in [0, 0.1) is 6.92 Å². The highest BCUT2D eigenvalue weighted by molar-refractivity contribution is 5.98. The molecule has 2 aromatic rings. The maximum absolute atomic E-state index is 12.5. The van der Waals surface area contributed by atoms with Gasteiger partial charge >= 0.3 is 0 Å². The van der Waals surface area contributed by atoms with Crippen LogP contribution in [-0.2, 0) is 4.74 Å². The number of nitrogens with zero attached hydrogens (tertiary/aromatic N) is 2. The van der Waals surface area contributed by atoms with E-state index >= 15 is 0 Å². The fraction of sp³-hybridized carbons (Fsp3) is 0.474. The summed E-state index contributed by atoms with van der Waals surface area (Å²) in [5.41, 5.74) is 2.17. The molecular weight excluding hydrogens is 318 g/mol. The Morgan fingerprint density at radius 2 is 2.28 bits per heavy atom.